The van der Waals surface area contributed by atoms with Crippen LogP contribution in [0.25, 0.3) is 10.9 Å². The van der Waals surface area contributed by atoms with E-state index >= 15 is 0 Å². The van der Waals surface area contributed by atoms with Crippen molar-refractivity contribution in [3.63, 3.8) is 0 Å². The molecule has 6 heteroatoms. The van der Waals surface area contributed by atoms with Crippen molar-refractivity contribution < 1.29 is 14.3 Å². The van der Waals surface area contributed by atoms with Gasteiger partial charge >= 0.3 is 5.97 Å². The fourth-order valence-corrected chi connectivity index (χ4v) is 2.38. The highest BCUT2D eigenvalue weighted by Crippen LogP contribution is 2.30. The monoisotopic (exact) mass is 299 g/mol. The quantitative estimate of drug-likeness (QED) is 0.556. The van der Waals surface area contributed by atoms with E-state index in [0.29, 0.717) is 5.69 Å². The summed E-state index contributed by atoms with van der Waals surface area (Å²) in [6.07, 6.45) is 0. The van der Waals surface area contributed by atoms with Crippen LogP contribution in [0.15, 0.2) is 36.4 Å². The van der Waals surface area contributed by atoms with Crippen LogP contribution in [0, 0.1) is 12.7 Å². The summed E-state index contributed by atoms with van der Waals surface area (Å²) in [6, 6.07) is 9.67. The highest BCUT2D eigenvalue weighted by Gasteiger charge is 2.11. The molecule has 0 atom stereocenters. The number of hydrogen-bond donors (Lipinski definition) is 4. The van der Waals surface area contributed by atoms with Crippen LogP contribution in [-0.4, -0.2) is 16.1 Å². The summed E-state index contributed by atoms with van der Waals surface area (Å²) in [4.78, 5) is 14.0. The summed E-state index contributed by atoms with van der Waals surface area (Å²) in [5.74, 6) is -1.50. The molecule has 0 saturated carbocycles. The molecule has 3 rings (SSSR count). The van der Waals surface area contributed by atoms with Crippen LogP contribution >= 0.6 is 0 Å². The number of aromatic amines is 1. The Bertz CT molecular complexity index is 886. The Kier molecular flexibility index (Phi) is 3.21. The molecule has 0 fully saturated rings. The maximum absolute atomic E-state index is 13.2. The van der Waals surface area contributed by atoms with Gasteiger partial charge in [-0.15, -0.1) is 0 Å². The molecular weight excluding hydrogens is 285 g/mol. The first kappa shape index (κ1) is 13.9. The van der Waals surface area contributed by atoms with Gasteiger partial charge in [0.05, 0.1) is 5.69 Å². The first-order valence-electron chi connectivity index (χ1n) is 6.63. The number of nitrogen functional groups attached to an aromatic ring is 1. The van der Waals surface area contributed by atoms with E-state index in [9.17, 15) is 9.18 Å². The Morgan fingerprint density at radius 2 is 2.05 bits per heavy atom. The Hall–Kier alpha value is -3.02. The smallest absolute Gasteiger partial charge is 0.352 e. The zero-order chi connectivity index (χ0) is 15.9. The van der Waals surface area contributed by atoms with Gasteiger partial charge in [-0.2, -0.15) is 0 Å². The van der Waals surface area contributed by atoms with Crippen molar-refractivity contribution in [2.45, 2.75) is 6.92 Å². The maximum atomic E-state index is 13.2. The summed E-state index contributed by atoms with van der Waals surface area (Å²) in [6.45, 7) is 1.91. The summed E-state index contributed by atoms with van der Waals surface area (Å²) < 4.78 is 13.2. The third-order valence-corrected chi connectivity index (χ3v) is 3.39. The standard InChI is InChI=1S/C16H14FN3O2/c1-8-4-13(19-9-2-3-11(17)12(18)6-9)10-7-15(16(21)22)20-14(10)5-8/h2-7,19-20H,18H2,1H3,(H,21,22). The lowest BCUT2D eigenvalue weighted by Gasteiger charge is -2.10. The van der Waals surface area contributed by atoms with Gasteiger partial charge in [-0.1, -0.05) is 0 Å². The molecule has 0 aliphatic heterocycles. The van der Waals surface area contributed by atoms with E-state index in [1.165, 1.54) is 12.1 Å². The summed E-state index contributed by atoms with van der Waals surface area (Å²) >= 11 is 0. The number of H-pyrrole nitrogens is 1. The third kappa shape index (κ3) is 2.46. The van der Waals surface area contributed by atoms with Crippen LogP contribution in [0.2, 0.25) is 0 Å². The van der Waals surface area contributed by atoms with Gasteiger partial charge in [-0.25, -0.2) is 9.18 Å². The average Bonchev–Trinajstić information content (AvgIpc) is 2.87. The predicted molar refractivity (Wildman–Crippen MR) is 84.1 cm³/mol. The van der Waals surface area contributed by atoms with Crippen LogP contribution in [0.5, 0.6) is 0 Å². The number of benzene rings is 2. The highest BCUT2D eigenvalue weighted by molar-refractivity contribution is 6.00. The highest BCUT2D eigenvalue weighted by atomic mass is 19.1. The number of carboxylic acids is 1. The van der Waals surface area contributed by atoms with Crippen molar-refractivity contribution >= 4 is 33.9 Å². The summed E-state index contributed by atoms with van der Waals surface area (Å²) in [5, 5.41) is 13.0. The van der Waals surface area contributed by atoms with E-state index < -0.39 is 11.8 Å². The number of halogens is 1. The van der Waals surface area contributed by atoms with Crippen molar-refractivity contribution in [1.82, 2.24) is 4.98 Å². The molecule has 1 aromatic heterocycles. The normalized spacial score (nSPS) is 10.8. The Balaban J connectivity index is 2.08. The molecule has 22 heavy (non-hydrogen) atoms. The number of rotatable bonds is 3. The van der Waals surface area contributed by atoms with Gasteiger partial charge in [-0.3, -0.25) is 0 Å². The zero-order valence-electron chi connectivity index (χ0n) is 11.8. The maximum Gasteiger partial charge on any atom is 0.352 e. The number of nitrogens with one attached hydrogen (secondary N) is 2. The second-order valence-electron chi connectivity index (χ2n) is 5.12. The van der Waals surface area contributed by atoms with Crippen molar-refractivity contribution in [1.29, 1.82) is 0 Å². The minimum absolute atomic E-state index is 0.0502. The molecule has 0 spiro atoms. The molecule has 0 radical (unpaired) electrons. The molecular formula is C16H14FN3O2. The van der Waals surface area contributed by atoms with Gasteiger partial charge in [0.25, 0.3) is 0 Å². The van der Waals surface area contributed by atoms with E-state index in [-0.39, 0.29) is 11.4 Å². The number of aromatic carboxylic acids is 1. The minimum atomic E-state index is -1.02. The van der Waals surface area contributed by atoms with Gasteiger partial charge in [0.2, 0.25) is 0 Å². The minimum Gasteiger partial charge on any atom is -0.477 e. The molecule has 0 saturated heterocycles. The lowest BCUT2D eigenvalue weighted by molar-refractivity contribution is 0.0691. The molecule has 5 N–H and O–H groups in total. The Morgan fingerprint density at radius 3 is 2.73 bits per heavy atom. The molecule has 0 amide bonds. The fourth-order valence-electron chi connectivity index (χ4n) is 2.38. The SMILES string of the molecule is Cc1cc(Nc2ccc(F)c(N)c2)c2cc(C(=O)O)[nH]c2c1. The summed E-state index contributed by atoms with van der Waals surface area (Å²) in [7, 11) is 0. The molecule has 2 aromatic carbocycles. The fraction of sp³-hybridized carbons (Fsp3) is 0.0625. The number of anilines is 3. The van der Waals surface area contributed by atoms with Crippen LogP contribution < -0.4 is 11.1 Å². The van der Waals surface area contributed by atoms with Crippen molar-refractivity contribution in [2.75, 3.05) is 11.1 Å². The first-order valence-corrected chi connectivity index (χ1v) is 6.63. The van der Waals surface area contributed by atoms with Gasteiger partial charge in [0, 0.05) is 22.3 Å². The number of hydrogen-bond acceptors (Lipinski definition) is 3. The number of aryl methyl sites for hydroxylation is 1. The lowest BCUT2D eigenvalue weighted by Crippen LogP contribution is -1.95. The van der Waals surface area contributed by atoms with Gasteiger partial charge in [0.15, 0.2) is 0 Å². The molecule has 1 heterocycles. The van der Waals surface area contributed by atoms with Gasteiger partial charge in [0.1, 0.15) is 11.5 Å². The second-order valence-corrected chi connectivity index (χ2v) is 5.12. The zero-order valence-corrected chi connectivity index (χ0v) is 11.8. The lowest BCUT2D eigenvalue weighted by atomic mass is 10.1. The molecule has 0 unspecified atom stereocenters. The number of aromatic nitrogens is 1. The number of carbonyl (C=O) groups is 1. The number of fused-ring (bicyclic) bond motifs is 1. The molecule has 3 aromatic rings. The average molecular weight is 299 g/mol. The Labute approximate surface area is 125 Å². The number of nitrogens with two attached hydrogens (primary N) is 1. The van der Waals surface area contributed by atoms with Crippen LogP contribution in [0.3, 0.4) is 0 Å². The van der Waals surface area contributed by atoms with Gasteiger partial charge < -0.3 is 21.1 Å². The van der Waals surface area contributed by atoms with E-state index in [1.54, 1.807) is 12.1 Å². The van der Waals surface area contributed by atoms with E-state index in [2.05, 4.69) is 10.3 Å². The van der Waals surface area contributed by atoms with Crippen LogP contribution in [0.4, 0.5) is 21.5 Å². The molecule has 0 aliphatic carbocycles. The van der Waals surface area contributed by atoms with Crippen LogP contribution in [-0.2, 0) is 0 Å². The molecule has 0 aliphatic rings. The third-order valence-electron chi connectivity index (χ3n) is 3.39. The van der Waals surface area contributed by atoms with Crippen LogP contribution in [0.1, 0.15) is 16.1 Å². The molecule has 0 bridgehead atoms. The van der Waals surface area contributed by atoms with Gasteiger partial charge in [-0.05, 0) is 48.9 Å². The first-order chi connectivity index (χ1) is 10.4. The van der Waals surface area contributed by atoms with E-state index in [4.69, 9.17) is 10.8 Å². The largest absolute Gasteiger partial charge is 0.477 e. The van der Waals surface area contributed by atoms with Crippen molar-refractivity contribution in [3.05, 3.63) is 53.5 Å². The Morgan fingerprint density at radius 1 is 1.27 bits per heavy atom. The second kappa shape index (κ2) is 5.07. The van der Waals surface area contributed by atoms with Crippen molar-refractivity contribution in [2.24, 2.45) is 0 Å². The van der Waals surface area contributed by atoms with Crippen molar-refractivity contribution in [3.8, 4) is 0 Å². The molecule has 112 valence electrons. The van der Waals surface area contributed by atoms with E-state index in [0.717, 1.165) is 22.2 Å². The number of carboxylic acid groups (broad SMARTS) is 1. The topological polar surface area (TPSA) is 91.1 Å². The predicted octanol–water partition coefficient (Wildman–Crippen LogP) is 3.64. The van der Waals surface area contributed by atoms with E-state index in [1.807, 2.05) is 19.1 Å². The molecule has 5 nitrogen and oxygen atoms in total. The summed E-state index contributed by atoms with van der Waals surface area (Å²) in [5.41, 5.74) is 8.76.